The van der Waals surface area contributed by atoms with E-state index in [1.807, 2.05) is 30.3 Å². The molecule has 1 N–H and O–H groups in total. The highest BCUT2D eigenvalue weighted by atomic mass is 16.5. The van der Waals surface area contributed by atoms with Gasteiger partial charge in [0.25, 0.3) is 5.91 Å². The highest BCUT2D eigenvalue weighted by Gasteiger charge is 2.20. The van der Waals surface area contributed by atoms with Gasteiger partial charge in [0.2, 0.25) is 0 Å². The zero-order chi connectivity index (χ0) is 13.8. The molecule has 0 radical (unpaired) electrons. The minimum Gasteiger partial charge on any atom is -0.376 e. The summed E-state index contributed by atoms with van der Waals surface area (Å²) in [4.78, 5) is 12.2. The van der Waals surface area contributed by atoms with Gasteiger partial charge in [-0.3, -0.25) is 4.79 Å². The zero-order valence-corrected chi connectivity index (χ0v) is 11.0. The van der Waals surface area contributed by atoms with Crippen molar-refractivity contribution in [3.05, 3.63) is 42.2 Å². The molecular formula is C15H16N2O3. The number of amides is 1. The van der Waals surface area contributed by atoms with E-state index in [1.54, 1.807) is 0 Å². The first-order valence-corrected chi connectivity index (χ1v) is 6.74. The maximum Gasteiger partial charge on any atom is 0.256 e. The van der Waals surface area contributed by atoms with Crippen molar-refractivity contribution in [3.8, 4) is 11.3 Å². The zero-order valence-electron chi connectivity index (χ0n) is 11.0. The Balaban J connectivity index is 1.70. The lowest BCUT2D eigenvalue weighted by atomic mass is 10.1. The average Bonchev–Trinajstić information content (AvgIpc) is 3.17. The molecule has 1 aliphatic rings. The van der Waals surface area contributed by atoms with Crippen LogP contribution in [0.15, 0.2) is 41.1 Å². The van der Waals surface area contributed by atoms with Gasteiger partial charge in [-0.15, -0.1) is 0 Å². The second-order valence-corrected chi connectivity index (χ2v) is 4.79. The van der Waals surface area contributed by atoms with E-state index >= 15 is 0 Å². The smallest absolute Gasteiger partial charge is 0.256 e. The van der Waals surface area contributed by atoms with Gasteiger partial charge in [-0.05, 0) is 12.8 Å². The van der Waals surface area contributed by atoms with Crippen molar-refractivity contribution in [1.82, 2.24) is 10.5 Å². The number of carbonyl (C=O) groups excluding carboxylic acids is 1. The summed E-state index contributed by atoms with van der Waals surface area (Å²) in [6, 6.07) is 9.51. The van der Waals surface area contributed by atoms with E-state index in [0.29, 0.717) is 17.8 Å². The van der Waals surface area contributed by atoms with Gasteiger partial charge in [0.1, 0.15) is 17.5 Å². The molecule has 3 rings (SSSR count). The summed E-state index contributed by atoms with van der Waals surface area (Å²) in [7, 11) is 0. The Bertz CT molecular complexity index is 574. The number of nitrogens with one attached hydrogen (secondary N) is 1. The van der Waals surface area contributed by atoms with Gasteiger partial charge in [-0.25, -0.2) is 0 Å². The molecule has 2 heterocycles. The van der Waals surface area contributed by atoms with E-state index in [1.165, 1.54) is 6.26 Å². The molecule has 2 aromatic rings. The van der Waals surface area contributed by atoms with E-state index < -0.39 is 0 Å². The van der Waals surface area contributed by atoms with Crippen LogP contribution >= 0.6 is 0 Å². The predicted octanol–water partition coefficient (Wildman–Crippen LogP) is 2.25. The fourth-order valence-corrected chi connectivity index (χ4v) is 2.31. The summed E-state index contributed by atoms with van der Waals surface area (Å²) in [5.74, 6) is -0.180. The predicted molar refractivity (Wildman–Crippen MR) is 73.2 cm³/mol. The summed E-state index contributed by atoms with van der Waals surface area (Å²) in [6.45, 7) is 1.31. The molecule has 104 valence electrons. The van der Waals surface area contributed by atoms with Gasteiger partial charge in [-0.2, -0.15) is 0 Å². The van der Waals surface area contributed by atoms with Gasteiger partial charge in [0.15, 0.2) is 0 Å². The summed E-state index contributed by atoms with van der Waals surface area (Å²) < 4.78 is 10.4. The van der Waals surface area contributed by atoms with Crippen LogP contribution in [0.4, 0.5) is 0 Å². The molecule has 0 bridgehead atoms. The average molecular weight is 272 g/mol. The topological polar surface area (TPSA) is 64.4 Å². The first-order valence-electron chi connectivity index (χ1n) is 6.74. The van der Waals surface area contributed by atoms with Crippen molar-refractivity contribution >= 4 is 5.91 Å². The number of nitrogens with zero attached hydrogens (tertiary/aromatic N) is 1. The molecule has 1 unspecified atom stereocenters. The molecule has 0 spiro atoms. The molecule has 1 amide bonds. The summed E-state index contributed by atoms with van der Waals surface area (Å²) in [5.41, 5.74) is 1.88. The molecule has 1 fully saturated rings. The van der Waals surface area contributed by atoms with E-state index in [-0.39, 0.29) is 12.0 Å². The van der Waals surface area contributed by atoms with Gasteiger partial charge in [0, 0.05) is 18.7 Å². The van der Waals surface area contributed by atoms with Gasteiger partial charge < -0.3 is 14.6 Å². The van der Waals surface area contributed by atoms with Crippen LogP contribution < -0.4 is 5.32 Å². The van der Waals surface area contributed by atoms with Crippen molar-refractivity contribution < 1.29 is 14.1 Å². The molecule has 1 atom stereocenters. The van der Waals surface area contributed by atoms with E-state index in [2.05, 4.69) is 10.5 Å². The molecule has 0 aliphatic carbocycles. The van der Waals surface area contributed by atoms with Crippen LogP contribution in [0.5, 0.6) is 0 Å². The Morgan fingerprint density at radius 3 is 2.95 bits per heavy atom. The maximum absolute atomic E-state index is 12.2. The Kier molecular flexibility index (Phi) is 3.78. The first kappa shape index (κ1) is 12.9. The third-order valence-electron chi connectivity index (χ3n) is 3.38. The first-order chi connectivity index (χ1) is 9.84. The molecule has 5 heteroatoms. The lowest BCUT2D eigenvalue weighted by Gasteiger charge is -2.10. The van der Waals surface area contributed by atoms with Crippen LogP contribution in [-0.4, -0.2) is 30.3 Å². The second-order valence-electron chi connectivity index (χ2n) is 4.79. The summed E-state index contributed by atoms with van der Waals surface area (Å²) >= 11 is 0. The van der Waals surface area contributed by atoms with Crippen LogP contribution in [-0.2, 0) is 4.74 Å². The lowest BCUT2D eigenvalue weighted by molar-refractivity contribution is 0.0857. The van der Waals surface area contributed by atoms with Crippen LogP contribution in [0.3, 0.4) is 0 Å². The van der Waals surface area contributed by atoms with Crippen molar-refractivity contribution in [1.29, 1.82) is 0 Å². The Morgan fingerprint density at radius 1 is 1.35 bits per heavy atom. The molecule has 1 saturated heterocycles. The van der Waals surface area contributed by atoms with E-state index in [0.717, 1.165) is 25.0 Å². The third kappa shape index (κ3) is 2.72. The Labute approximate surface area is 116 Å². The van der Waals surface area contributed by atoms with Crippen LogP contribution in [0, 0.1) is 0 Å². The molecule has 5 nitrogen and oxygen atoms in total. The minimum atomic E-state index is -0.180. The van der Waals surface area contributed by atoms with Crippen molar-refractivity contribution in [2.75, 3.05) is 13.2 Å². The van der Waals surface area contributed by atoms with Crippen LogP contribution in [0.1, 0.15) is 23.2 Å². The summed E-state index contributed by atoms with van der Waals surface area (Å²) in [6.07, 6.45) is 3.56. The maximum atomic E-state index is 12.2. The number of benzene rings is 1. The number of aromatic nitrogens is 1. The van der Waals surface area contributed by atoms with Crippen molar-refractivity contribution in [3.63, 3.8) is 0 Å². The molecule has 1 aromatic heterocycles. The van der Waals surface area contributed by atoms with Gasteiger partial charge in [0.05, 0.1) is 6.10 Å². The van der Waals surface area contributed by atoms with Crippen molar-refractivity contribution in [2.24, 2.45) is 0 Å². The van der Waals surface area contributed by atoms with Crippen LogP contribution in [0.2, 0.25) is 0 Å². The fraction of sp³-hybridized carbons (Fsp3) is 0.333. The SMILES string of the molecule is O=C(NCC1CCCO1)c1conc1-c1ccccc1. The number of rotatable bonds is 4. The number of carbonyl (C=O) groups is 1. The Morgan fingerprint density at radius 2 is 2.20 bits per heavy atom. The van der Waals surface area contributed by atoms with Gasteiger partial charge >= 0.3 is 0 Å². The fourth-order valence-electron chi connectivity index (χ4n) is 2.31. The second kappa shape index (κ2) is 5.88. The van der Waals surface area contributed by atoms with Crippen molar-refractivity contribution in [2.45, 2.75) is 18.9 Å². The normalized spacial score (nSPS) is 18.1. The minimum absolute atomic E-state index is 0.124. The molecule has 1 aliphatic heterocycles. The summed E-state index contributed by atoms with van der Waals surface area (Å²) in [5, 5.41) is 6.79. The molecule has 0 saturated carbocycles. The van der Waals surface area contributed by atoms with E-state index in [4.69, 9.17) is 9.26 Å². The molecular weight excluding hydrogens is 256 g/mol. The lowest BCUT2D eigenvalue weighted by Crippen LogP contribution is -2.31. The number of ether oxygens (including phenoxy) is 1. The standard InChI is InChI=1S/C15H16N2O3/c18-15(16-9-12-7-4-8-19-12)13-10-20-17-14(13)11-5-2-1-3-6-11/h1-3,5-6,10,12H,4,7-9H2,(H,16,18). The number of hydrogen-bond acceptors (Lipinski definition) is 4. The van der Waals surface area contributed by atoms with Gasteiger partial charge in [-0.1, -0.05) is 35.5 Å². The van der Waals surface area contributed by atoms with E-state index in [9.17, 15) is 4.79 Å². The molecule has 20 heavy (non-hydrogen) atoms. The highest BCUT2D eigenvalue weighted by molar-refractivity contribution is 5.99. The monoisotopic (exact) mass is 272 g/mol. The highest BCUT2D eigenvalue weighted by Crippen LogP contribution is 2.21. The van der Waals surface area contributed by atoms with Crippen LogP contribution in [0.25, 0.3) is 11.3 Å². The molecule has 1 aromatic carbocycles. The third-order valence-corrected chi connectivity index (χ3v) is 3.38. The number of hydrogen-bond donors (Lipinski definition) is 1. The largest absolute Gasteiger partial charge is 0.376 e. The quantitative estimate of drug-likeness (QED) is 0.927. The Hall–Kier alpha value is -2.14.